The molecule has 0 saturated heterocycles. The molecule has 0 saturated carbocycles. The van der Waals surface area contributed by atoms with E-state index in [4.69, 9.17) is 9.84 Å². The molecule has 118 valence electrons. The Bertz CT molecular complexity index is 293. The van der Waals surface area contributed by atoms with E-state index in [9.17, 15) is 9.59 Å². The van der Waals surface area contributed by atoms with Crippen molar-refractivity contribution in [2.75, 3.05) is 19.7 Å². The monoisotopic (exact) mass is 288 g/mol. The Morgan fingerprint density at radius 3 is 2.35 bits per heavy atom. The lowest BCUT2D eigenvalue weighted by molar-refractivity contribution is -0.140. The van der Waals surface area contributed by atoms with E-state index in [-0.39, 0.29) is 24.5 Å². The van der Waals surface area contributed by atoms with Crippen LogP contribution in [0.1, 0.15) is 40.5 Å². The van der Waals surface area contributed by atoms with Gasteiger partial charge in [0.25, 0.3) is 0 Å². The molecule has 6 heteroatoms. The predicted molar refractivity (Wildman–Crippen MR) is 77.6 cm³/mol. The summed E-state index contributed by atoms with van der Waals surface area (Å²) >= 11 is 0. The number of hydrogen-bond donors (Lipinski definition) is 3. The van der Waals surface area contributed by atoms with Gasteiger partial charge in [0.05, 0.1) is 12.6 Å². The molecular weight excluding hydrogens is 260 g/mol. The molecule has 0 aliphatic rings. The van der Waals surface area contributed by atoms with Gasteiger partial charge >= 0.3 is 5.97 Å². The van der Waals surface area contributed by atoms with Gasteiger partial charge in [0.15, 0.2) is 0 Å². The van der Waals surface area contributed by atoms with Crippen molar-refractivity contribution in [2.24, 2.45) is 5.92 Å². The van der Waals surface area contributed by atoms with Gasteiger partial charge in [-0.1, -0.05) is 13.8 Å². The lowest BCUT2D eigenvalue weighted by Gasteiger charge is -2.16. The molecule has 0 rings (SSSR count). The van der Waals surface area contributed by atoms with Crippen molar-refractivity contribution < 1.29 is 19.4 Å². The first-order valence-corrected chi connectivity index (χ1v) is 7.17. The molecule has 0 radical (unpaired) electrons. The number of ether oxygens (including phenoxy) is 1. The first-order valence-electron chi connectivity index (χ1n) is 7.17. The van der Waals surface area contributed by atoms with E-state index in [0.29, 0.717) is 19.6 Å². The molecule has 0 spiro atoms. The molecule has 0 aromatic heterocycles. The molecule has 0 bridgehead atoms. The molecule has 0 aromatic rings. The van der Waals surface area contributed by atoms with Crippen LogP contribution in [-0.4, -0.2) is 48.8 Å². The molecule has 0 fully saturated rings. The van der Waals surface area contributed by atoms with Crippen LogP contribution in [0.2, 0.25) is 0 Å². The Hall–Kier alpha value is -1.14. The first kappa shape index (κ1) is 18.9. The molecule has 0 aliphatic heterocycles. The molecule has 0 aromatic carbocycles. The van der Waals surface area contributed by atoms with Crippen molar-refractivity contribution in [1.82, 2.24) is 10.6 Å². The van der Waals surface area contributed by atoms with Crippen LogP contribution in [0.5, 0.6) is 0 Å². The van der Waals surface area contributed by atoms with Gasteiger partial charge in [0.2, 0.25) is 5.91 Å². The Morgan fingerprint density at radius 2 is 1.85 bits per heavy atom. The highest BCUT2D eigenvalue weighted by atomic mass is 16.5. The third-order valence-corrected chi connectivity index (χ3v) is 2.61. The Kier molecular flexibility index (Phi) is 10.0. The van der Waals surface area contributed by atoms with Crippen molar-refractivity contribution in [3.8, 4) is 0 Å². The fourth-order valence-corrected chi connectivity index (χ4v) is 1.64. The van der Waals surface area contributed by atoms with E-state index in [1.165, 1.54) is 0 Å². The average Bonchev–Trinajstić information content (AvgIpc) is 2.32. The summed E-state index contributed by atoms with van der Waals surface area (Å²) in [4.78, 5) is 22.5. The van der Waals surface area contributed by atoms with Gasteiger partial charge < -0.3 is 15.2 Å². The Labute approximate surface area is 121 Å². The fraction of sp³-hybridized carbons (Fsp3) is 0.857. The zero-order chi connectivity index (χ0) is 15.5. The summed E-state index contributed by atoms with van der Waals surface area (Å²) in [6.07, 6.45) is 1.45. The lowest BCUT2D eigenvalue weighted by atomic mass is 10.0. The average molecular weight is 288 g/mol. The van der Waals surface area contributed by atoms with Crippen LogP contribution >= 0.6 is 0 Å². The highest BCUT2D eigenvalue weighted by Crippen LogP contribution is 2.04. The second-order valence-electron chi connectivity index (χ2n) is 5.52. The molecule has 1 atom stereocenters. The van der Waals surface area contributed by atoms with Gasteiger partial charge in [0.1, 0.15) is 6.04 Å². The molecule has 1 amide bonds. The summed E-state index contributed by atoms with van der Waals surface area (Å²) < 4.78 is 5.35. The number of rotatable bonds is 11. The van der Waals surface area contributed by atoms with Gasteiger partial charge in [-0.2, -0.15) is 0 Å². The number of carboxylic acids is 1. The number of nitrogens with one attached hydrogen (secondary N) is 2. The van der Waals surface area contributed by atoms with Crippen LogP contribution in [0.15, 0.2) is 0 Å². The van der Waals surface area contributed by atoms with Crippen molar-refractivity contribution in [2.45, 2.75) is 52.7 Å². The zero-order valence-electron chi connectivity index (χ0n) is 12.9. The maximum Gasteiger partial charge on any atom is 0.320 e. The first-order chi connectivity index (χ1) is 9.32. The number of amides is 1. The maximum absolute atomic E-state index is 11.5. The molecule has 0 heterocycles. The van der Waals surface area contributed by atoms with Crippen molar-refractivity contribution in [1.29, 1.82) is 0 Å². The maximum atomic E-state index is 11.5. The van der Waals surface area contributed by atoms with Crippen LogP contribution in [0.25, 0.3) is 0 Å². The number of carbonyl (C=O) groups is 2. The van der Waals surface area contributed by atoms with E-state index >= 15 is 0 Å². The highest BCUT2D eigenvalue weighted by molar-refractivity contribution is 5.79. The van der Waals surface area contributed by atoms with Gasteiger partial charge in [-0.05, 0) is 32.6 Å². The second-order valence-corrected chi connectivity index (χ2v) is 5.52. The smallest absolute Gasteiger partial charge is 0.320 e. The minimum Gasteiger partial charge on any atom is -0.480 e. The van der Waals surface area contributed by atoms with Gasteiger partial charge in [-0.3, -0.25) is 14.9 Å². The number of aliphatic carboxylic acids is 1. The molecule has 6 nitrogen and oxygen atoms in total. The third kappa shape index (κ3) is 10.8. The fourth-order valence-electron chi connectivity index (χ4n) is 1.64. The number of carboxylic acid groups (broad SMARTS) is 1. The normalized spacial score (nSPS) is 12.7. The summed E-state index contributed by atoms with van der Waals surface area (Å²) in [6.45, 7) is 8.99. The van der Waals surface area contributed by atoms with Crippen molar-refractivity contribution >= 4 is 11.9 Å². The van der Waals surface area contributed by atoms with Crippen LogP contribution in [0, 0.1) is 5.92 Å². The Morgan fingerprint density at radius 1 is 1.20 bits per heavy atom. The van der Waals surface area contributed by atoms with E-state index in [0.717, 1.165) is 6.42 Å². The topological polar surface area (TPSA) is 87.7 Å². The Balaban J connectivity index is 3.76. The minimum atomic E-state index is -0.920. The van der Waals surface area contributed by atoms with Crippen LogP contribution in [0.3, 0.4) is 0 Å². The molecule has 20 heavy (non-hydrogen) atoms. The standard InChI is InChI=1S/C14H28N2O4/c1-10(2)8-12(14(18)19)16-9-13(17)15-6-5-7-20-11(3)4/h10-12,16H,5-9H2,1-4H3,(H,15,17)(H,18,19). The quantitative estimate of drug-likeness (QED) is 0.494. The summed E-state index contributed by atoms with van der Waals surface area (Å²) in [7, 11) is 0. The van der Waals surface area contributed by atoms with Crippen molar-refractivity contribution in [3.63, 3.8) is 0 Å². The zero-order valence-corrected chi connectivity index (χ0v) is 12.9. The summed E-state index contributed by atoms with van der Waals surface area (Å²) in [5, 5.41) is 14.5. The van der Waals surface area contributed by atoms with Crippen LogP contribution < -0.4 is 10.6 Å². The number of hydrogen-bond acceptors (Lipinski definition) is 4. The van der Waals surface area contributed by atoms with Crippen molar-refractivity contribution in [3.05, 3.63) is 0 Å². The molecule has 1 unspecified atom stereocenters. The molecule has 0 aliphatic carbocycles. The molecule has 3 N–H and O–H groups in total. The van der Waals surface area contributed by atoms with E-state index < -0.39 is 12.0 Å². The minimum absolute atomic E-state index is 0.0225. The summed E-state index contributed by atoms with van der Waals surface area (Å²) in [5.74, 6) is -0.846. The SMILES string of the molecule is CC(C)CC(NCC(=O)NCCCOC(C)C)C(=O)O. The summed E-state index contributed by atoms with van der Waals surface area (Å²) in [6, 6.07) is -0.676. The van der Waals surface area contributed by atoms with E-state index in [2.05, 4.69) is 10.6 Å². The number of carbonyl (C=O) groups excluding carboxylic acids is 1. The molecular formula is C14H28N2O4. The van der Waals surface area contributed by atoms with Crippen LogP contribution in [-0.2, 0) is 14.3 Å². The highest BCUT2D eigenvalue weighted by Gasteiger charge is 2.18. The van der Waals surface area contributed by atoms with E-state index in [1.54, 1.807) is 0 Å². The van der Waals surface area contributed by atoms with Gasteiger partial charge in [-0.25, -0.2) is 0 Å². The second kappa shape index (κ2) is 10.6. The van der Waals surface area contributed by atoms with Crippen LogP contribution in [0.4, 0.5) is 0 Å². The third-order valence-electron chi connectivity index (χ3n) is 2.61. The predicted octanol–water partition coefficient (Wildman–Crippen LogP) is 1.01. The van der Waals surface area contributed by atoms with Gasteiger partial charge in [-0.15, -0.1) is 0 Å². The van der Waals surface area contributed by atoms with Gasteiger partial charge in [0, 0.05) is 13.2 Å². The van der Waals surface area contributed by atoms with E-state index in [1.807, 2.05) is 27.7 Å². The lowest BCUT2D eigenvalue weighted by Crippen LogP contribution is -2.44. The summed E-state index contributed by atoms with van der Waals surface area (Å²) in [5.41, 5.74) is 0. The largest absolute Gasteiger partial charge is 0.480 e.